The Balaban J connectivity index is 1.58. The van der Waals surface area contributed by atoms with Gasteiger partial charge in [0.25, 0.3) is 5.91 Å². The van der Waals surface area contributed by atoms with E-state index in [1.165, 1.54) is 31.2 Å². The molecule has 0 aromatic heterocycles. The lowest BCUT2D eigenvalue weighted by Gasteiger charge is -2.22. The first-order chi connectivity index (χ1) is 15.6. The highest BCUT2D eigenvalue weighted by Crippen LogP contribution is 2.28. The fraction of sp³-hybridized carbons (Fsp3) is 0.333. The molecule has 0 saturated carbocycles. The Morgan fingerprint density at radius 3 is 2.45 bits per heavy atom. The summed E-state index contributed by atoms with van der Waals surface area (Å²) in [4.78, 5) is 50.5. The van der Waals surface area contributed by atoms with Crippen LogP contribution < -0.4 is 16.0 Å². The molecule has 1 heterocycles. The molecule has 3 N–H and O–H groups in total. The number of carbonyl (C=O) groups is 4. The summed E-state index contributed by atoms with van der Waals surface area (Å²) in [7, 11) is 0. The number of hydrogen-bond acceptors (Lipinski definition) is 4. The minimum atomic E-state index is -1.38. The zero-order chi connectivity index (χ0) is 24.2. The van der Waals surface area contributed by atoms with E-state index in [0.717, 1.165) is 10.5 Å². The Hall–Kier alpha value is -3.75. The molecule has 8 nitrogen and oxygen atoms in total. The maximum absolute atomic E-state index is 13.2. The molecule has 1 unspecified atom stereocenters. The number of urea groups is 1. The van der Waals surface area contributed by atoms with E-state index < -0.39 is 35.7 Å². The zero-order valence-corrected chi connectivity index (χ0v) is 18.8. The smallest absolute Gasteiger partial charge is 0.325 e. The van der Waals surface area contributed by atoms with Crippen LogP contribution in [-0.2, 0) is 26.5 Å². The van der Waals surface area contributed by atoms with Crippen molar-refractivity contribution in [2.24, 2.45) is 5.92 Å². The van der Waals surface area contributed by atoms with Crippen LogP contribution in [0.25, 0.3) is 0 Å². The van der Waals surface area contributed by atoms with Gasteiger partial charge >= 0.3 is 6.03 Å². The van der Waals surface area contributed by atoms with Gasteiger partial charge in [-0.25, -0.2) is 9.18 Å². The monoisotopic (exact) mass is 454 g/mol. The second kappa shape index (κ2) is 9.81. The van der Waals surface area contributed by atoms with Crippen molar-refractivity contribution < 1.29 is 23.6 Å². The molecule has 0 spiro atoms. The molecule has 1 fully saturated rings. The first-order valence-corrected chi connectivity index (χ1v) is 10.6. The third-order valence-corrected chi connectivity index (χ3v) is 5.29. The van der Waals surface area contributed by atoms with Crippen molar-refractivity contribution in [3.8, 4) is 0 Å². The molecule has 1 aliphatic rings. The third kappa shape index (κ3) is 5.74. The topological polar surface area (TPSA) is 108 Å². The standard InChI is InChI=1S/C24H27FN4O4/c1-15(2)11-20(30)27-19-6-4-5-16(12-19)13-26-21(31)14-29-22(32)24(3,28-23(29)33)17-7-9-18(25)10-8-17/h4-10,12,15H,11,13-14H2,1-3H3,(H,26,31)(H,27,30)(H,28,33). The molecule has 9 heteroatoms. The Morgan fingerprint density at radius 2 is 1.79 bits per heavy atom. The van der Waals surface area contributed by atoms with Crippen LogP contribution in [0.1, 0.15) is 38.3 Å². The second-order valence-electron chi connectivity index (χ2n) is 8.58. The van der Waals surface area contributed by atoms with Crippen molar-refractivity contribution in [3.05, 3.63) is 65.5 Å². The van der Waals surface area contributed by atoms with Crippen molar-refractivity contribution >= 4 is 29.4 Å². The van der Waals surface area contributed by atoms with E-state index in [0.29, 0.717) is 17.7 Å². The number of nitrogens with zero attached hydrogens (tertiary/aromatic N) is 1. The summed E-state index contributed by atoms with van der Waals surface area (Å²) in [5, 5.41) is 8.08. The Kier molecular flexibility index (Phi) is 7.10. The van der Waals surface area contributed by atoms with E-state index in [-0.39, 0.29) is 18.4 Å². The number of nitrogens with one attached hydrogen (secondary N) is 3. The van der Waals surface area contributed by atoms with Gasteiger partial charge in [0, 0.05) is 18.7 Å². The van der Waals surface area contributed by atoms with Crippen LogP contribution >= 0.6 is 0 Å². The summed E-state index contributed by atoms with van der Waals surface area (Å²) >= 11 is 0. The first-order valence-electron chi connectivity index (χ1n) is 10.6. The minimum Gasteiger partial charge on any atom is -0.350 e. The number of rotatable bonds is 8. The van der Waals surface area contributed by atoms with E-state index in [9.17, 15) is 23.6 Å². The Bertz CT molecular complexity index is 1070. The number of hydrogen-bond donors (Lipinski definition) is 3. The fourth-order valence-corrected chi connectivity index (χ4v) is 3.56. The average Bonchev–Trinajstić information content (AvgIpc) is 2.96. The Labute approximate surface area is 191 Å². The summed E-state index contributed by atoms with van der Waals surface area (Å²) in [6.07, 6.45) is 0.406. The predicted octanol–water partition coefficient (Wildman–Crippen LogP) is 2.89. The number of benzene rings is 2. The maximum Gasteiger partial charge on any atom is 0.325 e. The van der Waals surface area contributed by atoms with E-state index in [1.807, 2.05) is 13.8 Å². The van der Waals surface area contributed by atoms with E-state index in [4.69, 9.17) is 0 Å². The molecule has 5 amide bonds. The van der Waals surface area contributed by atoms with Gasteiger partial charge in [-0.2, -0.15) is 0 Å². The summed E-state index contributed by atoms with van der Waals surface area (Å²) in [6, 6.07) is 11.6. The third-order valence-electron chi connectivity index (χ3n) is 5.29. The minimum absolute atomic E-state index is 0.0889. The van der Waals surface area contributed by atoms with Gasteiger partial charge < -0.3 is 16.0 Å². The molecule has 1 atom stereocenters. The van der Waals surface area contributed by atoms with E-state index in [1.54, 1.807) is 24.3 Å². The second-order valence-corrected chi connectivity index (χ2v) is 8.58. The lowest BCUT2D eigenvalue weighted by molar-refractivity contribution is -0.134. The van der Waals surface area contributed by atoms with Gasteiger partial charge in [0.2, 0.25) is 11.8 Å². The largest absolute Gasteiger partial charge is 0.350 e. The first kappa shape index (κ1) is 23.9. The van der Waals surface area contributed by atoms with Gasteiger partial charge in [0.05, 0.1) is 0 Å². The number of amides is 5. The molecule has 0 aliphatic carbocycles. The van der Waals surface area contributed by atoms with Crippen molar-refractivity contribution in [3.63, 3.8) is 0 Å². The van der Waals surface area contributed by atoms with Gasteiger partial charge in [0.15, 0.2) is 0 Å². The molecule has 174 valence electrons. The highest BCUT2D eigenvalue weighted by Gasteiger charge is 2.49. The normalized spacial score (nSPS) is 17.8. The van der Waals surface area contributed by atoms with Crippen LogP contribution in [0.5, 0.6) is 0 Å². The van der Waals surface area contributed by atoms with E-state index in [2.05, 4.69) is 16.0 Å². The molecule has 0 radical (unpaired) electrons. The molecule has 1 saturated heterocycles. The lowest BCUT2D eigenvalue weighted by atomic mass is 9.92. The van der Waals surface area contributed by atoms with E-state index >= 15 is 0 Å². The average molecular weight is 455 g/mol. The maximum atomic E-state index is 13.2. The highest BCUT2D eigenvalue weighted by atomic mass is 19.1. The van der Waals surface area contributed by atoms with Crippen LogP contribution in [0.15, 0.2) is 48.5 Å². The fourth-order valence-electron chi connectivity index (χ4n) is 3.56. The number of imide groups is 1. The van der Waals surface area contributed by atoms with Crippen molar-refractivity contribution in [2.45, 2.75) is 39.3 Å². The molecular formula is C24H27FN4O4. The number of carbonyl (C=O) groups excluding carboxylic acids is 4. The summed E-state index contributed by atoms with van der Waals surface area (Å²) in [6.45, 7) is 5.13. The lowest BCUT2D eigenvalue weighted by Crippen LogP contribution is -2.43. The summed E-state index contributed by atoms with van der Waals surface area (Å²) in [5.74, 6) is -1.42. The van der Waals surface area contributed by atoms with Gasteiger partial charge in [-0.3, -0.25) is 19.3 Å². The van der Waals surface area contributed by atoms with Crippen LogP contribution in [-0.4, -0.2) is 35.2 Å². The molecule has 1 aliphatic heterocycles. The van der Waals surface area contributed by atoms with Gasteiger partial charge in [-0.1, -0.05) is 38.1 Å². The molecule has 33 heavy (non-hydrogen) atoms. The molecular weight excluding hydrogens is 427 g/mol. The molecule has 2 aromatic rings. The van der Waals surface area contributed by atoms with Crippen LogP contribution in [0.4, 0.5) is 14.9 Å². The molecule has 0 bridgehead atoms. The van der Waals surface area contributed by atoms with Crippen LogP contribution in [0, 0.1) is 11.7 Å². The summed E-state index contributed by atoms with van der Waals surface area (Å²) in [5.41, 5.74) is 0.408. The SMILES string of the molecule is CC(C)CC(=O)Nc1cccc(CNC(=O)CN2C(=O)NC(C)(c3ccc(F)cc3)C2=O)c1. The van der Waals surface area contributed by atoms with Gasteiger partial charge in [-0.15, -0.1) is 0 Å². The molecule has 3 rings (SSSR count). The Morgan fingerprint density at radius 1 is 1.09 bits per heavy atom. The zero-order valence-electron chi connectivity index (χ0n) is 18.8. The summed E-state index contributed by atoms with van der Waals surface area (Å²) < 4.78 is 13.2. The quantitative estimate of drug-likeness (QED) is 0.533. The van der Waals surface area contributed by atoms with Gasteiger partial charge in [-0.05, 0) is 48.2 Å². The van der Waals surface area contributed by atoms with Crippen molar-refractivity contribution in [1.82, 2.24) is 15.5 Å². The van der Waals surface area contributed by atoms with Gasteiger partial charge in [0.1, 0.15) is 17.9 Å². The van der Waals surface area contributed by atoms with Crippen molar-refractivity contribution in [1.29, 1.82) is 0 Å². The predicted molar refractivity (Wildman–Crippen MR) is 120 cm³/mol. The highest BCUT2D eigenvalue weighted by molar-refractivity contribution is 6.09. The van der Waals surface area contributed by atoms with Crippen molar-refractivity contribution in [2.75, 3.05) is 11.9 Å². The van der Waals surface area contributed by atoms with Crippen LogP contribution in [0.2, 0.25) is 0 Å². The van der Waals surface area contributed by atoms with Crippen LogP contribution in [0.3, 0.4) is 0 Å². The number of halogens is 1. The number of anilines is 1. The molecule has 2 aromatic carbocycles.